The van der Waals surface area contributed by atoms with E-state index < -0.39 is 64.7 Å². The number of nitrogens with zero attached hydrogens (tertiary/aromatic N) is 4. The number of aliphatic hydroxyl groups is 4. The van der Waals surface area contributed by atoms with E-state index >= 15 is 0 Å². The zero-order valence-corrected chi connectivity index (χ0v) is 22.0. The number of benzene rings is 1. The van der Waals surface area contributed by atoms with Crippen LogP contribution >= 0.6 is 11.8 Å². The van der Waals surface area contributed by atoms with E-state index in [1.165, 1.54) is 6.20 Å². The molecule has 1 aromatic carbocycles. The molecule has 5 rings (SSSR count). The number of rotatable bonds is 9. The molecular weight excluding hydrogens is 541 g/mol. The third-order valence-electron chi connectivity index (χ3n) is 7.75. The van der Waals surface area contributed by atoms with Crippen LogP contribution in [0.3, 0.4) is 0 Å². The van der Waals surface area contributed by atoms with E-state index in [0.717, 1.165) is 47.8 Å². The Balaban J connectivity index is 1.40. The SMILES string of the molecule is CN(CC1CC1)C(=O)[C@@H](S[C@@H]1O[C@H](CO)[C@H](O)[C@H](n2cc(-c3cc(F)c(F)c(F)c3)nn2)[C@H]1O)C1(O)CCC1. The van der Waals surface area contributed by atoms with Crippen LogP contribution in [0.4, 0.5) is 13.2 Å². The summed E-state index contributed by atoms with van der Waals surface area (Å²) in [5.41, 5.74) is -2.62. The molecule has 2 aliphatic carbocycles. The normalized spacial score (nSPS) is 29.1. The van der Waals surface area contributed by atoms with Gasteiger partial charge in [0.2, 0.25) is 5.91 Å². The number of halogens is 3. The largest absolute Gasteiger partial charge is 0.394 e. The second-order valence-electron chi connectivity index (χ2n) is 10.7. The van der Waals surface area contributed by atoms with Crippen molar-refractivity contribution in [3.63, 3.8) is 0 Å². The predicted molar refractivity (Wildman–Crippen MR) is 133 cm³/mol. The van der Waals surface area contributed by atoms with E-state index in [1.54, 1.807) is 11.9 Å². The zero-order chi connectivity index (χ0) is 28.1. The van der Waals surface area contributed by atoms with Gasteiger partial charge in [-0.25, -0.2) is 17.9 Å². The molecule has 2 saturated carbocycles. The molecule has 2 aromatic rings. The lowest BCUT2D eigenvalue weighted by molar-refractivity contribution is -0.179. The maximum absolute atomic E-state index is 13.8. The molecule has 6 atom stereocenters. The van der Waals surface area contributed by atoms with Crippen LogP contribution in [0.15, 0.2) is 18.3 Å². The van der Waals surface area contributed by atoms with E-state index in [9.17, 15) is 38.4 Å². The minimum Gasteiger partial charge on any atom is -0.394 e. The maximum atomic E-state index is 13.8. The lowest BCUT2D eigenvalue weighted by Gasteiger charge is -2.47. The number of carbonyl (C=O) groups excluding carboxylic acids is 1. The first-order valence-corrected chi connectivity index (χ1v) is 13.8. The fourth-order valence-corrected chi connectivity index (χ4v) is 6.66. The summed E-state index contributed by atoms with van der Waals surface area (Å²) in [6.07, 6.45) is 0.711. The van der Waals surface area contributed by atoms with Crippen molar-refractivity contribution in [2.75, 3.05) is 20.2 Å². The molecule has 10 nitrogen and oxygen atoms in total. The highest BCUT2D eigenvalue weighted by Crippen LogP contribution is 2.46. The third kappa shape index (κ3) is 5.55. The van der Waals surface area contributed by atoms with E-state index in [-0.39, 0.29) is 17.2 Å². The number of thioether (sulfide) groups is 1. The van der Waals surface area contributed by atoms with Gasteiger partial charge in [0.15, 0.2) is 17.5 Å². The molecule has 1 aliphatic heterocycles. The van der Waals surface area contributed by atoms with Crippen molar-refractivity contribution in [2.45, 2.75) is 72.7 Å². The lowest BCUT2D eigenvalue weighted by Crippen LogP contribution is -2.59. The number of amides is 1. The molecule has 1 saturated heterocycles. The van der Waals surface area contributed by atoms with Gasteiger partial charge in [-0.3, -0.25) is 4.79 Å². The van der Waals surface area contributed by atoms with Gasteiger partial charge in [-0.05, 0) is 50.2 Å². The molecule has 0 spiro atoms. The summed E-state index contributed by atoms with van der Waals surface area (Å²) in [6, 6.07) is 0.250. The summed E-state index contributed by atoms with van der Waals surface area (Å²) in [4.78, 5) is 15.0. The van der Waals surface area contributed by atoms with Crippen molar-refractivity contribution in [1.82, 2.24) is 19.9 Å². The zero-order valence-electron chi connectivity index (χ0n) is 21.2. The number of hydrogen-bond acceptors (Lipinski definition) is 9. The number of ether oxygens (including phenoxy) is 1. The average molecular weight is 573 g/mol. The number of hydrogen-bond donors (Lipinski definition) is 4. The Morgan fingerprint density at radius 1 is 1.23 bits per heavy atom. The molecule has 3 fully saturated rings. The summed E-state index contributed by atoms with van der Waals surface area (Å²) < 4.78 is 47.8. The second-order valence-corrected chi connectivity index (χ2v) is 11.9. The number of carbonyl (C=O) groups is 1. The van der Waals surface area contributed by atoms with Gasteiger partial charge < -0.3 is 30.1 Å². The Bertz CT molecular complexity index is 1190. The highest BCUT2D eigenvalue weighted by Gasteiger charge is 2.53. The van der Waals surface area contributed by atoms with E-state index in [0.29, 0.717) is 25.3 Å². The molecule has 1 aromatic heterocycles. The van der Waals surface area contributed by atoms with E-state index in [2.05, 4.69) is 10.3 Å². The molecule has 2 heterocycles. The second kappa shape index (κ2) is 11.0. The van der Waals surface area contributed by atoms with Crippen molar-refractivity contribution in [2.24, 2.45) is 5.92 Å². The topological polar surface area (TPSA) is 141 Å². The van der Waals surface area contributed by atoms with Gasteiger partial charge in [-0.15, -0.1) is 16.9 Å². The quantitative estimate of drug-likeness (QED) is 0.327. The van der Waals surface area contributed by atoms with Crippen LogP contribution in [0.25, 0.3) is 11.3 Å². The van der Waals surface area contributed by atoms with Gasteiger partial charge in [0.25, 0.3) is 0 Å². The van der Waals surface area contributed by atoms with Crippen LogP contribution in [0.1, 0.15) is 38.1 Å². The van der Waals surface area contributed by atoms with Crippen LogP contribution < -0.4 is 0 Å². The first-order chi connectivity index (χ1) is 18.5. The predicted octanol–water partition coefficient (Wildman–Crippen LogP) is 1.23. The lowest BCUT2D eigenvalue weighted by atomic mass is 9.77. The molecule has 3 aliphatic rings. The van der Waals surface area contributed by atoms with Crippen LogP contribution in [0, 0.1) is 23.4 Å². The molecule has 4 N–H and O–H groups in total. The van der Waals surface area contributed by atoms with Gasteiger partial charge in [0, 0.05) is 19.2 Å². The summed E-state index contributed by atoms with van der Waals surface area (Å²) in [5.74, 6) is -4.33. The minimum absolute atomic E-state index is 0.0537. The molecule has 214 valence electrons. The molecule has 14 heteroatoms. The monoisotopic (exact) mass is 572 g/mol. The van der Waals surface area contributed by atoms with Gasteiger partial charge >= 0.3 is 0 Å². The van der Waals surface area contributed by atoms with Crippen molar-refractivity contribution < 1.29 is 43.1 Å². The van der Waals surface area contributed by atoms with E-state index in [4.69, 9.17) is 4.74 Å². The fourth-order valence-electron chi connectivity index (χ4n) is 5.08. The first kappa shape index (κ1) is 28.3. The van der Waals surface area contributed by atoms with Crippen molar-refractivity contribution in [3.8, 4) is 11.3 Å². The van der Waals surface area contributed by atoms with Crippen molar-refractivity contribution in [3.05, 3.63) is 35.8 Å². The van der Waals surface area contributed by atoms with Crippen LogP contribution in [0.5, 0.6) is 0 Å². The fraction of sp³-hybridized carbons (Fsp3) is 0.640. The van der Waals surface area contributed by atoms with E-state index in [1.807, 2.05) is 0 Å². The Morgan fingerprint density at radius 3 is 2.46 bits per heavy atom. The average Bonchev–Trinajstić information content (AvgIpc) is 3.57. The summed E-state index contributed by atoms with van der Waals surface area (Å²) >= 11 is 0.931. The molecule has 39 heavy (non-hydrogen) atoms. The van der Waals surface area contributed by atoms with Crippen molar-refractivity contribution >= 4 is 17.7 Å². The highest BCUT2D eigenvalue weighted by atomic mass is 32.2. The smallest absolute Gasteiger partial charge is 0.238 e. The molecule has 0 bridgehead atoms. The molecule has 0 radical (unpaired) electrons. The third-order valence-corrected chi connectivity index (χ3v) is 9.32. The standard InChI is InChI=1S/C25H31F3N4O6S/c1-31(9-12-3-4-12)23(36)22(25(37)5-2-6-25)39-24-21(35)19(20(34)17(11-33)38-24)32-10-16(29-30-32)13-7-14(26)18(28)15(27)8-13/h7-8,10,12,17,19-22,24,33-35,37H,2-6,9,11H2,1H3/t17-,19+,20+,21-,22-,24+/m1/s1. The maximum Gasteiger partial charge on any atom is 0.238 e. The summed E-state index contributed by atoms with van der Waals surface area (Å²) in [7, 11) is 1.68. The van der Waals surface area contributed by atoms with Gasteiger partial charge in [-0.2, -0.15) is 0 Å². The van der Waals surface area contributed by atoms with Gasteiger partial charge in [-0.1, -0.05) is 5.21 Å². The Hall–Kier alpha value is -2.23. The van der Waals surface area contributed by atoms with Crippen LogP contribution in [0.2, 0.25) is 0 Å². The molecule has 0 unspecified atom stereocenters. The Morgan fingerprint density at radius 2 is 1.90 bits per heavy atom. The minimum atomic E-state index is -1.63. The van der Waals surface area contributed by atoms with Crippen LogP contribution in [-0.4, -0.2) is 101 Å². The first-order valence-electron chi connectivity index (χ1n) is 12.8. The van der Waals surface area contributed by atoms with Gasteiger partial charge in [0.1, 0.15) is 40.7 Å². The number of aliphatic hydroxyl groups excluding tert-OH is 3. The summed E-state index contributed by atoms with van der Waals surface area (Å²) in [5, 5.41) is 50.1. The highest BCUT2D eigenvalue weighted by molar-refractivity contribution is 8.01. The number of aromatic nitrogens is 3. The molecular formula is C25H31F3N4O6S. The van der Waals surface area contributed by atoms with Gasteiger partial charge in [0.05, 0.1) is 18.4 Å². The van der Waals surface area contributed by atoms with Crippen molar-refractivity contribution in [1.29, 1.82) is 0 Å². The molecule has 1 amide bonds. The Kier molecular flexibility index (Phi) is 7.97. The summed E-state index contributed by atoms with van der Waals surface area (Å²) in [6.45, 7) is -0.0607. The Labute approximate surface area is 226 Å². The van der Waals surface area contributed by atoms with Crippen LogP contribution in [-0.2, 0) is 9.53 Å².